The van der Waals surface area contributed by atoms with Gasteiger partial charge in [0.2, 0.25) is 5.88 Å². The van der Waals surface area contributed by atoms with E-state index in [1.807, 2.05) is 6.07 Å². The van der Waals surface area contributed by atoms with Gasteiger partial charge in [-0.05, 0) is 24.6 Å². The molecule has 2 N–H and O–H groups in total. The SMILES string of the molecule is COC(=O)C1=C(C)OC(N)=C(C#N)[C@H]1c1cccc(Cl)c1. The second-order valence-electron chi connectivity index (χ2n) is 4.44. The number of carbonyl (C=O) groups is 1. The number of carbonyl (C=O) groups excluding carboxylic acids is 1. The van der Waals surface area contributed by atoms with Crippen LogP contribution in [0.1, 0.15) is 18.4 Å². The van der Waals surface area contributed by atoms with E-state index in [0.717, 1.165) is 0 Å². The molecule has 0 amide bonds. The van der Waals surface area contributed by atoms with Crippen LogP contribution in [0.25, 0.3) is 0 Å². The summed E-state index contributed by atoms with van der Waals surface area (Å²) in [7, 11) is 1.27. The molecule has 0 aliphatic carbocycles. The molecule has 1 aromatic carbocycles. The summed E-state index contributed by atoms with van der Waals surface area (Å²) < 4.78 is 10.1. The summed E-state index contributed by atoms with van der Waals surface area (Å²) in [6.45, 7) is 1.60. The molecule has 6 heteroatoms. The van der Waals surface area contributed by atoms with Crippen molar-refractivity contribution in [2.45, 2.75) is 12.8 Å². The second kappa shape index (κ2) is 5.90. The summed E-state index contributed by atoms with van der Waals surface area (Å²) in [5.74, 6) is -0.941. The van der Waals surface area contributed by atoms with Crippen LogP contribution in [0.15, 0.2) is 47.1 Å². The fourth-order valence-corrected chi connectivity index (χ4v) is 2.47. The van der Waals surface area contributed by atoms with E-state index >= 15 is 0 Å². The smallest absolute Gasteiger partial charge is 0.338 e. The normalized spacial score (nSPS) is 18.1. The zero-order valence-corrected chi connectivity index (χ0v) is 12.3. The third-order valence-electron chi connectivity index (χ3n) is 3.19. The van der Waals surface area contributed by atoms with Crippen LogP contribution >= 0.6 is 11.6 Å². The number of ether oxygens (including phenoxy) is 2. The first-order chi connectivity index (χ1) is 9.99. The van der Waals surface area contributed by atoms with Gasteiger partial charge in [-0.25, -0.2) is 4.79 Å². The number of allylic oxidation sites excluding steroid dienone is 2. The minimum atomic E-state index is -0.658. The first-order valence-electron chi connectivity index (χ1n) is 6.11. The van der Waals surface area contributed by atoms with E-state index < -0.39 is 11.9 Å². The Balaban J connectivity index is 2.66. The number of hydrogen-bond acceptors (Lipinski definition) is 5. The fraction of sp³-hybridized carbons (Fsp3) is 0.200. The van der Waals surface area contributed by atoms with E-state index in [-0.39, 0.29) is 17.0 Å². The Bertz CT molecular complexity index is 701. The highest BCUT2D eigenvalue weighted by Gasteiger charge is 2.36. The van der Waals surface area contributed by atoms with Gasteiger partial charge in [0.05, 0.1) is 18.6 Å². The molecule has 0 spiro atoms. The summed E-state index contributed by atoms with van der Waals surface area (Å²) in [6, 6.07) is 8.89. The Labute approximate surface area is 127 Å². The van der Waals surface area contributed by atoms with Crippen molar-refractivity contribution in [3.05, 3.63) is 57.6 Å². The quantitative estimate of drug-likeness (QED) is 0.849. The van der Waals surface area contributed by atoms with Gasteiger partial charge < -0.3 is 15.2 Å². The number of methoxy groups -OCH3 is 1. The number of hydrogen-bond donors (Lipinski definition) is 1. The predicted molar refractivity (Wildman–Crippen MR) is 76.8 cm³/mol. The van der Waals surface area contributed by atoms with E-state index in [9.17, 15) is 10.1 Å². The van der Waals surface area contributed by atoms with Crippen molar-refractivity contribution in [2.24, 2.45) is 5.73 Å². The molecule has 0 bridgehead atoms. The van der Waals surface area contributed by atoms with Crippen molar-refractivity contribution < 1.29 is 14.3 Å². The Hall–Kier alpha value is -2.45. The molecule has 1 aliphatic rings. The summed E-state index contributed by atoms with van der Waals surface area (Å²) in [5, 5.41) is 9.84. The fourth-order valence-electron chi connectivity index (χ4n) is 2.28. The molecular formula is C15H13ClN2O3. The van der Waals surface area contributed by atoms with Crippen molar-refractivity contribution >= 4 is 17.6 Å². The monoisotopic (exact) mass is 304 g/mol. The summed E-state index contributed by atoms with van der Waals surface area (Å²) in [5.41, 5.74) is 6.83. The van der Waals surface area contributed by atoms with E-state index in [2.05, 4.69) is 0 Å². The summed E-state index contributed by atoms with van der Waals surface area (Å²) in [4.78, 5) is 12.0. The summed E-state index contributed by atoms with van der Waals surface area (Å²) in [6.07, 6.45) is 0. The topological polar surface area (TPSA) is 85.3 Å². The van der Waals surface area contributed by atoms with Gasteiger partial charge in [-0.3, -0.25) is 0 Å². The van der Waals surface area contributed by atoms with Gasteiger partial charge in [-0.15, -0.1) is 0 Å². The van der Waals surface area contributed by atoms with Crippen molar-refractivity contribution in [1.82, 2.24) is 0 Å². The number of nitrogens with zero attached hydrogens (tertiary/aromatic N) is 1. The minimum absolute atomic E-state index is 0.0207. The van der Waals surface area contributed by atoms with E-state index in [4.69, 9.17) is 26.8 Å². The van der Waals surface area contributed by atoms with Crippen LogP contribution < -0.4 is 5.73 Å². The van der Waals surface area contributed by atoms with Crippen LogP contribution in [0.5, 0.6) is 0 Å². The third-order valence-corrected chi connectivity index (χ3v) is 3.43. The summed E-state index contributed by atoms with van der Waals surface area (Å²) >= 11 is 6.00. The molecule has 1 aliphatic heterocycles. The molecule has 1 heterocycles. The predicted octanol–water partition coefficient (Wildman–Crippen LogP) is 2.59. The van der Waals surface area contributed by atoms with Crippen molar-refractivity contribution in [3.8, 4) is 6.07 Å². The standard InChI is InChI=1S/C15H13ClN2O3/c1-8-12(15(19)20-2)13(11(7-17)14(18)21-8)9-4-3-5-10(16)6-9/h3-6,13H,18H2,1-2H3/t13-/m1/s1. The Morgan fingerprint density at radius 3 is 2.81 bits per heavy atom. The number of rotatable bonds is 2. The number of nitrogens with two attached hydrogens (primary N) is 1. The highest BCUT2D eigenvalue weighted by Crippen LogP contribution is 2.39. The molecule has 0 saturated carbocycles. The Kier molecular flexibility index (Phi) is 4.20. The highest BCUT2D eigenvalue weighted by molar-refractivity contribution is 6.30. The number of nitriles is 1. The maximum Gasteiger partial charge on any atom is 0.338 e. The van der Waals surface area contributed by atoms with Crippen LogP contribution in [0, 0.1) is 11.3 Å². The Morgan fingerprint density at radius 2 is 2.24 bits per heavy atom. The minimum Gasteiger partial charge on any atom is -0.466 e. The van der Waals surface area contributed by atoms with E-state index in [0.29, 0.717) is 16.3 Å². The van der Waals surface area contributed by atoms with Gasteiger partial charge in [-0.1, -0.05) is 23.7 Å². The number of benzene rings is 1. The largest absolute Gasteiger partial charge is 0.466 e. The van der Waals surface area contributed by atoms with E-state index in [1.165, 1.54) is 7.11 Å². The van der Waals surface area contributed by atoms with Crippen molar-refractivity contribution in [3.63, 3.8) is 0 Å². The average molecular weight is 305 g/mol. The number of halogens is 1. The molecule has 21 heavy (non-hydrogen) atoms. The van der Waals surface area contributed by atoms with E-state index in [1.54, 1.807) is 31.2 Å². The zero-order valence-electron chi connectivity index (χ0n) is 11.5. The molecule has 0 fully saturated rings. The van der Waals surface area contributed by atoms with Crippen molar-refractivity contribution in [1.29, 1.82) is 5.26 Å². The first-order valence-corrected chi connectivity index (χ1v) is 6.49. The lowest BCUT2D eigenvalue weighted by Crippen LogP contribution is -2.25. The Morgan fingerprint density at radius 1 is 1.52 bits per heavy atom. The van der Waals surface area contributed by atoms with Crippen LogP contribution in [-0.4, -0.2) is 13.1 Å². The molecule has 0 unspecified atom stereocenters. The zero-order chi connectivity index (χ0) is 15.6. The maximum absolute atomic E-state index is 12.0. The molecule has 1 aromatic rings. The van der Waals surface area contributed by atoms with Gasteiger partial charge >= 0.3 is 5.97 Å². The molecule has 108 valence electrons. The van der Waals surface area contributed by atoms with Gasteiger partial charge in [0.1, 0.15) is 17.4 Å². The number of esters is 1. The molecular weight excluding hydrogens is 292 g/mol. The molecule has 5 nitrogen and oxygen atoms in total. The molecule has 1 atom stereocenters. The molecule has 0 radical (unpaired) electrons. The third kappa shape index (κ3) is 2.71. The van der Waals surface area contributed by atoms with Crippen LogP contribution in [0.4, 0.5) is 0 Å². The second-order valence-corrected chi connectivity index (χ2v) is 4.88. The lowest BCUT2D eigenvalue weighted by molar-refractivity contribution is -0.136. The van der Waals surface area contributed by atoms with Crippen molar-refractivity contribution in [2.75, 3.05) is 7.11 Å². The van der Waals surface area contributed by atoms with Gasteiger partial charge in [0.15, 0.2) is 0 Å². The lowest BCUT2D eigenvalue weighted by atomic mass is 9.83. The van der Waals surface area contributed by atoms with Crippen LogP contribution in [0.2, 0.25) is 5.02 Å². The molecule has 2 rings (SSSR count). The van der Waals surface area contributed by atoms with Gasteiger partial charge in [0, 0.05) is 5.02 Å². The first kappa shape index (κ1) is 14.9. The van der Waals surface area contributed by atoms with Gasteiger partial charge in [-0.2, -0.15) is 5.26 Å². The average Bonchev–Trinajstić information content (AvgIpc) is 2.45. The molecule has 0 saturated heterocycles. The van der Waals surface area contributed by atoms with Crippen LogP contribution in [-0.2, 0) is 14.3 Å². The van der Waals surface area contributed by atoms with Gasteiger partial charge in [0.25, 0.3) is 0 Å². The highest BCUT2D eigenvalue weighted by atomic mass is 35.5. The van der Waals surface area contributed by atoms with Crippen LogP contribution in [0.3, 0.4) is 0 Å². The molecule has 0 aromatic heterocycles. The maximum atomic E-state index is 12.0. The lowest BCUT2D eigenvalue weighted by Gasteiger charge is -2.26.